The fourth-order valence-corrected chi connectivity index (χ4v) is 3.69. The average molecular weight is 337 g/mol. The van der Waals surface area contributed by atoms with Crippen LogP contribution in [-0.2, 0) is 0 Å². The zero-order chi connectivity index (χ0) is 17.1. The van der Waals surface area contributed by atoms with Gasteiger partial charge in [0, 0.05) is 12.4 Å². The van der Waals surface area contributed by atoms with Crippen LogP contribution in [0.1, 0.15) is 67.2 Å². The fraction of sp³-hybridized carbons (Fsp3) is 0.450. The number of carbonyl (C=O) groups excluding carboxylic acids is 1. The molecule has 0 radical (unpaired) electrons. The van der Waals surface area contributed by atoms with Crippen molar-refractivity contribution in [1.29, 1.82) is 0 Å². The molecule has 0 aromatic carbocycles. The van der Waals surface area contributed by atoms with Crippen LogP contribution in [0.25, 0.3) is 5.57 Å². The Morgan fingerprint density at radius 1 is 1.16 bits per heavy atom. The van der Waals surface area contributed by atoms with Crippen LogP contribution in [0.15, 0.2) is 36.2 Å². The summed E-state index contributed by atoms with van der Waals surface area (Å²) in [6.07, 6.45) is 12.5. The Morgan fingerprint density at radius 3 is 2.84 bits per heavy atom. The van der Waals surface area contributed by atoms with Gasteiger partial charge in [-0.15, -0.1) is 0 Å². The minimum Gasteiger partial charge on any atom is -0.487 e. The lowest BCUT2D eigenvalue weighted by atomic mass is 9.88. The smallest absolute Gasteiger partial charge is 0.172 e. The van der Waals surface area contributed by atoms with Gasteiger partial charge in [-0.1, -0.05) is 0 Å². The van der Waals surface area contributed by atoms with Gasteiger partial charge in [-0.25, -0.2) is 4.98 Å². The van der Waals surface area contributed by atoms with Crippen molar-refractivity contribution in [2.45, 2.75) is 51.0 Å². The zero-order valence-corrected chi connectivity index (χ0v) is 14.4. The van der Waals surface area contributed by atoms with Crippen molar-refractivity contribution in [2.24, 2.45) is 0 Å². The lowest BCUT2D eigenvalue weighted by molar-refractivity contribution is 0.111. The first-order chi connectivity index (χ1) is 12.4. The number of pyridine rings is 1. The Labute approximate surface area is 147 Å². The molecule has 0 spiro atoms. The number of hydrogen-bond donors (Lipinski definition) is 0. The summed E-state index contributed by atoms with van der Waals surface area (Å²) in [5.74, 6) is 0.558. The maximum absolute atomic E-state index is 11.1. The van der Waals surface area contributed by atoms with Crippen LogP contribution < -0.4 is 4.74 Å². The number of aromatic nitrogens is 3. The van der Waals surface area contributed by atoms with Gasteiger partial charge in [-0.05, 0) is 74.3 Å². The lowest BCUT2D eigenvalue weighted by Crippen LogP contribution is -2.21. The summed E-state index contributed by atoms with van der Waals surface area (Å²) in [5.41, 5.74) is 4.32. The second-order valence-corrected chi connectivity index (χ2v) is 6.83. The van der Waals surface area contributed by atoms with Crippen molar-refractivity contribution in [3.05, 3.63) is 47.6 Å². The van der Waals surface area contributed by atoms with Crippen LogP contribution in [0, 0.1) is 0 Å². The third-order valence-electron chi connectivity index (χ3n) is 5.30. The number of hydrogen-bond acceptors (Lipinski definition) is 4. The summed E-state index contributed by atoms with van der Waals surface area (Å²) in [7, 11) is 0. The Kier molecular flexibility index (Phi) is 4.63. The molecule has 2 heterocycles. The molecule has 2 aliphatic rings. The SMILES string of the molecule is O=Cc1ncccc1OCC1=C(c2ccnn2C2CCC2)CCCC1. The van der Waals surface area contributed by atoms with Gasteiger partial charge < -0.3 is 4.74 Å². The van der Waals surface area contributed by atoms with E-state index in [0.29, 0.717) is 24.1 Å². The largest absolute Gasteiger partial charge is 0.487 e. The molecule has 130 valence electrons. The lowest BCUT2D eigenvalue weighted by Gasteiger charge is -2.29. The van der Waals surface area contributed by atoms with E-state index in [-0.39, 0.29) is 0 Å². The molecule has 2 aromatic heterocycles. The van der Waals surface area contributed by atoms with Crippen molar-refractivity contribution < 1.29 is 9.53 Å². The molecular weight excluding hydrogens is 314 g/mol. The highest BCUT2D eigenvalue weighted by Crippen LogP contribution is 2.37. The van der Waals surface area contributed by atoms with Crippen molar-refractivity contribution in [3.8, 4) is 5.75 Å². The Hall–Kier alpha value is -2.43. The van der Waals surface area contributed by atoms with Gasteiger partial charge in [0.25, 0.3) is 0 Å². The van der Waals surface area contributed by atoms with Crippen LogP contribution in [-0.4, -0.2) is 27.7 Å². The van der Waals surface area contributed by atoms with Crippen LogP contribution >= 0.6 is 0 Å². The van der Waals surface area contributed by atoms with E-state index < -0.39 is 0 Å². The van der Waals surface area contributed by atoms with Crippen LogP contribution in [0.3, 0.4) is 0 Å². The fourth-order valence-electron chi connectivity index (χ4n) is 3.69. The van der Waals surface area contributed by atoms with Gasteiger partial charge in [0.2, 0.25) is 0 Å². The molecule has 25 heavy (non-hydrogen) atoms. The summed E-state index contributed by atoms with van der Waals surface area (Å²) >= 11 is 0. The molecule has 0 bridgehead atoms. The molecule has 4 rings (SSSR count). The monoisotopic (exact) mass is 337 g/mol. The predicted molar refractivity (Wildman–Crippen MR) is 95.6 cm³/mol. The van der Waals surface area contributed by atoms with E-state index in [1.54, 1.807) is 18.3 Å². The maximum Gasteiger partial charge on any atom is 0.172 e. The number of ether oxygens (including phenoxy) is 1. The van der Waals surface area contributed by atoms with Gasteiger partial charge in [0.05, 0.1) is 11.7 Å². The normalized spacial score (nSPS) is 18.1. The van der Waals surface area contributed by atoms with Crippen LogP contribution in [0.4, 0.5) is 0 Å². The topological polar surface area (TPSA) is 57.0 Å². The highest BCUT2D eigenvalue weighted by Gasteiger charge is 2.25. The Bertz CT molecular complexity index is 790. The number of carbonyl (C=O) groups is 1. The van der Waals surface area contributed by atoms with Crippen molar-refractivity contribution in [2.75, 3.05) is 6.61 Å². The molecule has 1 saturated carbocycles. The molecule has 0 N–H and O–H groups in total. The quantitative estimate of drug-likeness (QED) is 0.741. The molecular formula is C20H23N3O2. The van der Waals surface area contributed by atoms with E-state index in [0.717, 1.165) is 19.1 Å². The minimum absolute atomic E-state index is 0.361. The standard InChI is InChI=1S/C20H23N3O2/c24-13-18-20(9-4-11-21-18)25-14-15-5-1-2-8-17(15)19-10-12-22-23(19)16-6-3-7-16/h4,9-13,16H,1-3,5-8,14H2. The van der Waals surface area contributed by atoms with E-state index in [2.05, 4.69) is 20.8 Å². The van der Waals surface area contributed by atoms with E-state index in [9.17, 15) is 4.79 Å². The first-order valence-corrected chi connectivity index (χ1v) is 9.14. The molecule has 0 atom stereocenters. The van der Waals surface area contributed by atoms with Crippen molar-refractivity contribution in [1.82, 2.24) is 14.8 Å². The van der Waals surface area contributed by atoms with Gasteiger partial charge in [0.15, 0.2) is 6.29 Å². The Balaban J connectivity index is 1.59. The van der Waals surface area contributed by atoms with Gasteiger partial charge in [0.1, 0.15) is 18.1 Å². The molecule has 1 fully saturated rings. The van der Waals surface area contributed by atoms with Gasteiger partial charge >= 0.3 is 0 Å². The minimum atomic E-state index is 0.361. The average Bonchev–Trinajstić information content (AvgIpc) is 3.08. The third-order valence-corrected chi connectivity index (χ3v) is 5.30. The van der Waals surface area contributed by atoms with Crippen LogP contribution in [0.2, 0.25) is 0 Å². The second kappa shape index (κ2) is 7.21. The highest BCUT2D eigenvalue weighted by molar-refractivity contribution is 5.76. The summed E-state index contributed by atoms with van der Waals surface area (Å²) < 4.78 is 8.17. The van der Waals surface area contributed by atoms with Gasteiger partial charge in [-0.2, -0.15) is 5.10 Å². The summed E-state index contributed by atoms with van der Waals surface area (Å²) in [6.45, 7) is 0.512. The van der Waals surface area contributed by atoms with E-state index in [1.807, 2.05) is 6.20 Å². The summed E-state index contributed by atoms with van der Waals surface area (Å²) in [5, 5.41) is 4.58. The van der Waals surface area contributed by atoms with E-state index in [1.165, 1.54) is 48.9 Å². The number of allylic oxidation sites excluding steroid dienone is 1. The first-order valence-electron chi connectivity index (χ1n) is 9.14. The third kappa shape index (κ3) is 3.23. The van der Waals surface area contributed by atoms with E-state index in [4.69, 9.17) is 4.74 Å². The molecule has 0 saturated heterocycles. The number of nitrogens with zero attached hydrogens (tertiary/aromatic N) is 3. The van der Waals surface area contributed by atoms with E-state index >= 15 is 0 Å². The van der Waals surface area contributed by atoms with Gasteiger partial charge in [-0.3, -0.25) is 9.48 Å². The van der Waals surface area contributed by atoms with Crippen molar-refractivity contribution in [3.63, 3.8) is 0 Å². The second-order valence-electron chi connectivity index (χ2n) is 6.83. The molecule has 2 aliphatic carbocycles. The molecule has 2 aromatic rings. The number of aldehydes is 1. The zero-order valence-electron chi connectivity index (χ0n) is 14.4. The van der Waals surface area contributed by atoms with Crippen LogP contribution in [0.5, 0.6) is 5.75 Å². The Morgan fingerprint density at radius 2 is 2.04 bits per heavy atom. The number of rotatable bonds is 6. The molecule has 0 unspecified atom stereocenters. The predicted octanol–water partition coefficient (Wildman–Crippen LogP) is 4.22. The molecule has 5 heteroatoms. The highest BCUT2D eigenvalue weighted by atomic mass is 16.5. The molecule has 0 amide bonds. The van der Waals surface area contributed by atoms with Crippen molar-refractivity contribution >= 4 is 11.9 Å². The first kappa shape index (κ1) is 16.1. The maximum atomic E-state index is 11.1. The summed E-state index contributed by atoms with van der Waals surface area (Å²) in [6, 6.07) is 6.30. The molecule has 0 aliphatic heterocycles. The molecule has 5 nitrogen and oxygen atoms in total. The summed E-state index contributed by atoms with van der Waals surface area (Å²) in [4.78, 5) is 15.2.